The first-order valence-electron chi connectivity index (χ1n) is 7.11. The fourth-order valence-electron chi connectivity index (χ4n) is 2.22. The summed E-state index contributed by atoms with van der Waals surface area (Å²) in [5.74, 6) is -0.170. The summed E-state index contributed by atoms with van der Waals surface area (Å²) in [4.78, 5) is 32.3. The Balaban J connectivity index is 2.10. The third-order valence-corrected chi connectivity index (χ3v) is 5.48. The first-order chi connectivity index (χ1) is 11.5. The van der Waals surface area contributed by atoms with Gasteiger partial charge in [-0.05, 0) is 47.9 Å². The Morgan fingerprint density at radius 3 is 2.96 bits per heavy atom. The van der Waals surface area contributed by atoms with Crippen LogP contribution in [-0.2, 0) is 4.74 Å². The van der Waals surface area contributed by atoms with E-state index >= 15 is 0 Å². The van der Waals surface area contributed by atoms with Gasteiger partial charge in [-0.15, -0.1) is 11.3 Å². The molecule has 0 saturated heterocycles. The number of aryl methyl sites for hydroxylation is 1. The second-order valence-electron chi connectivity index (χ2n) is 4.92. The highest BCUT2D eigenvalue weighted by atomic mass is 35.5. The Morgan fingerprint density at radius 1 is 1.50 bits per heavy atom. The third kappa shape index (κ3) is 3.15. The average Bonchev–Trinajstić information content (AvgIpc) is 3.15. The van der Waals surface area contributed by atoms with Crippen molar-refractivity contribution in [3.8, 4) is 0 Å². The molecule has 1 N–H and O–H groups in total. The van der Waals surface area contributed by atoms with Crippen molar-refractivity contribution in [3.05, 3.63) is 49.0 Å². The van der Waals surface area contributed by atoms with Gasteiger partial charge in [-0.1, -0.05) is 11.6 Å². The molecular weight excluding hydrogens is 368 g/mol. The number of thiophene rings is 2. The van der Waals surface area contributed by atoms with Crippen LogP contribution in [0.4, 0.5) is 0 Å². The molecule has 3 rings (SSSR count). The molecule has 0 unspecified atom stereocenters. The molecule has 0 spiro atoms. The standard InChI is InChI=1S/C16H13ClN2O3S2/c1-3-22-16(21)12-8(2)11-14(20)18-13(19-15(11)24-12)10(17)6-9-4-5-23-7-9/h4-7H,3H2,1-2H3,(H,18,19,20)/b10-6-. The fraction of sp³-hybridized carbons (Fsp3) is 0.188. The molecule has 0 radical (unpaired) electrons. The lowest BCUT2D eigenvalue weighted by Crippen LogP contribution is -2.10. The predicted octanol–water partition coefficient (Wildman–Crippen LogP) is 4.27. The smallest absolute Gasteiger partial charge is 0.348 e. The molecule has 0 aromatic carbocycles. The molecule has 24 heavy (non-hydrogen) atoms. The van der Waals surface area contributed by atoms with E-state index in [1.165, 1.54) is 0 Å². The van der Waals surface area contributed by atoms with Crippen molar-refractivity contribution in [1.29, 1.82) is 0 Å². The topological polar surface area (TPSA) is 72.0 Å². The van der Waals surface area contributed by atoms with Crippen LogP contribution in [0.3, 0.4) is 0 Å². The number of ether oxygens (including phenoxy) is 1. The van der Waals surface area contributed by atoms with Crippen LogP contribution >= 0.6 is 34.3 Å². The molecule has 0 saturated carbocycles. The number of H-pyrrole nitrogens is 1. The first kappa shape index (κ1) is 16.9. The summed E-state index contributed by atoms with van der Waals surface area (Å²) in [6.45, 7) is 3.72. The van der Waals surface area contributed by atoms with Gasteiger partial charge in [-0.3, -0.25) is 4.79 Å². The van der Waals surface area contributed by atoms with Gasteiger partial charge in [0.2, 0.25) is 0 Å². The molecule has 0 bridgehead atoms. The Kier molecular flexibility index (Phi) is 4.84. The minimum Gasteiger partial charge on any atom is -0.462 e. The number of rotatable bonds is 4. The number of esters is 1. The number of aromatic nitrogens is 2. The quantitative estimate of drug-likeness (QED) is 0.686. The number of halogens is 1. The normalized spacial score (nSPS) is 11.9. The van der Waals surface area contributed by atoms with Crippen molar-refractivity contribution in [3.63, 3.8) is 0 Å². The van der Waals surface area contributed by atoms with Crippen molar-refractivity contribution in [2.75, 3.05) is 6.61 Å². The summed E-state index contributed by atoms with van der Waals surface area (Å²) in [6, 6.07) is 1.91. The highest BCUT2D eigenvalue weighted by Gasteiger charge is 2.20. The van der Waals surface area contributed by atoms with Gasteiger partial charge in [-0.25, -0.2) is 9.78 Å². The van der Waals surface area contributed by atoms with Gasteiger partial charge >= 0.3 is 5.97 Å². The molecule has 0 aliphatic carbocycles. The maximum absolute atomic E-state index is 12.4. The van der Waals surface area contributed by atoms with Crippen LogP contribution in [0.25, 0.3) is 21.3 Å². The lowest BCUT2D eigenvalue weighted by atomic mass is 10.2. The van der Waals surface area contributed by atoms with E-state index in [2.05, 4.69) is 9.97 Å². The first-order valence-corrected chi connectivity index (χ1v) is 9.25. The minimum atomic E-state index is -0.445. The van der Waals surface area contributed by atoms with E-state index in [4.69, 9.17) is 16.3 Å². The number of nitrogens with one attached hydrogen (secondary N) is 1. The summed E-state index contributed by atoms with van der Waals surface area (Å²) >= 11 is 8.96. The molecule has 5 nitrogen and oxygen atoms in total. The molecule has 8 heteroatoms. The summed E-state index contributed by atoms with van der Waals surface area (Å²) in [7, 11) is 0. The lowest BCUT2D eigenvalue weighted by molar-refractivity contribution is 0.0531. The highest BCUT2D eigenvalue weighted by Crippen LogP contribution is 2.29. The maximum Gasteiger partial charge on any atom is 0.348 e. The molecule has 3 heterocycles. The van der Waals surface area contributed by atoms with E-state index < -0.39 is 5.97 Å². The van der Waals surface area contributed by atoms with Crippen LogP contribution in [0.5, 0.6) is 0 Å². The highest BCUT2D eigenvalue weighted by molar-refractivity contribution is 7.20. The number of fused-ring (bicyclic) bond motifs is 1. The molecule has 0 fully saturated rings. The van der Waals surface area contributed by atoms with Gasteiger partial charge < -0.3 is 9.72 Å². The van der Waals surface area contributed by atoms with Gasteiger partial charge in [-0.2, -0.15) is 11.3 Å². The molecule has 124 valence electrons. The Hall–Kier alpha value is -1.96. The SMILES string of the molecule is CCOC(=O)c1sc2nc(/C(Cl)=C/c3ccsc3)[nH]c(=O)c2c1C. The lowest BCUT2D eigenvalue weighted by Gasteiger charge is -1.99. The van der Waals surface area contributed by atoms with Crippen molar-refractivity contribution in [2.24, 2.45) is 0 Å². The van der Waals surface area contributed by atoms with Crippen LogP contribution < -0.4 is 5.56 Å². The van der Waals surface area contributed by atoms with Gasteiger partial charge in [0.1, 0.15) is 9.71 Å². The van der Waals surface area contributed by atoms with E-state index in [9.17, 15) is 9.59 Å². The third-order valence-electron chi connectivity index (χ3n) is 3.32. The Labute approximate surface area is 150 Å². The van der Waals surface area contributed by atoms with Crippen molar-refractivity contribution < 1.29 is 9.53 Å². The number of carbonyl (C=O) groups is 1. The zero-order chi connectivity index (χ0) is 17.3. The number of aromatic amines is 1. The fourth-order valence-corrected chi connectivity index (χ4v) is 4.13. The second kappa shape index (κ2) is 6.88. The predicted molar refractivity (Wildman–Crippen MR) is 99.0 cm³/mol. The monoisotopic (exact) mass is 380 g/mol. The Morgan fingerprint density at radius 2 is 2.29 bits per heavy atom. The van der Waals surface area contributed by atoms with Crippen LogP contribution in [0, 0.1) is 6.92 Å². The zero-order valence-electron chi connectivity index (χ0n) is 12.9. The largest absolute Gasteiger partial charge is 0.462 e. The van der Waals surface area contributed by atoms with Crippen LogP contribution in [0.15, 0.2) is 21.6 Å². The Bertz CT molecular complexity index is 987. The molecule has 3 aromatic rings. The van der Waals surface area contributed by atoms with Gasteiger partial charge in [0.05, 0.1) is 17.0 Å². The summed E-state index contributed by atoms with van der Waals surface area (Å²) in [5.41, 5.74) is 1.19. The number of hydrogen-bond donors (Lipinski definition) is 1. The molecular formula is C16H13ClN2O3S2. The van der Waals surface area contributed by atoms with Crippen LogP contribution in [-0.4, -0.2) is 22.5 Å². The van der Waals surface area contributed by atoms with E-state index in [0.717, 1.165) is 16.9 Å². The summed E-state index contributed by atoms with van der Waals surface area (Å²) in [6.07, 6.45) is 1.73. The summed E-state index contributed by atoms with van der Waals surface area (Å²) < 4.78 is 5.02. The summed E-state index contributed by atoms with van der Waals surface area (Å²) in [5, 5.41) is 4.60. The van der Waals surface area contributed by atoms with E-state index in [0.29, 0.717) is 25.7 Å². The van der Waals surface area contributed by atoms with E-state index in [-0.39, 0.29) is 18.0 Å². The molecule has 0 atom stereocenters. The van der Waals surface area contributed by atoms with Crippen molar-refractivity contribution in [1.82, 2.24) is 9.97 Å². The average molecular weight is 381 g/mol. The van der Waals surface area contributed by atoms with E-state index in [1.807, 2.05) is 16.8 Å². The molecule has 3 aromatic heterocycles. The molecule has 0 aliphatic rings. The zero-order valence-corrected chi connectivity index (χ0v) is 15.3. The maximum atomic E-state index is 12.4. The molecule has 0 amide bonds. The van der Waals surface area contributed by atoms with Gasteiger partial charge in [0, 0.05) is 0 Å². The second-order valence-corrected chi connectivity index (χ2v) is 7.11. The number of nitrogens with zero attached hydrogens (tertiary/aromatic N) is 1. The van der Waals surface area contributed by atoms with Crippen LogP contribution in [0.1, 0.15) is 33.5 Å². The number of hydrogen-bond acceptors (Lipinski definition) is 6. The van der Waals surface area contributed by atoms with Crippen LogP contribution in [0.2, 0.25) is 0 Å². The van der Waals surface area contributed by atoms with Gasteiger partial charge in [0.25, 0.3) is 5.56 Å². The van der Waals surface area contributed by atoms with Crippen molar-refractivity contribution >= 4 is 61.6 Å². The molecule has 0 aliphatic heterocycles. The number of carbonyl (C=O) groups excluding carboxylic acids is 1. The van der Waals surface area contributed by atoms with Gasteiger partial charge in [0.15, 0.2) is 5.82 Å². The van der Waals surface area contributed by atoms with Crippen molar-refractivity contribution in [2.45, 2.75) is 13.8 Å². The van der Waals surface area contributed by atoms with E-state index in [1.54, 1.807) is 31.3 Å². The minimum absolute atomic E-state index is 0.275.